The molecule has 0 radical (unpaired) electrons. The fourth-order valence-corrected chi connectivity index (χ4v) is 3.93. The predicted molar refractivity (Wildman–Crippen MR) is 138 cm³/mol. The Bertz CT molecular complexity index is 1310. The van der Waals surface area contributed by atoms with Crippen molar-refractivity contribution < 1.29 is 28.9 Å². The van der Waals surface area contributed by atoms with Crippen molar-refractivity contribution in [3.8, 4) is 11.5 Å². The molecule has 0 spiro atoms. The average Bonchev–Trinajstić information content (AvgIpc) is 2.91. The molecule has 0 aliphatic heterocycles. The maximum Gasteiger partial charge on any atom is 0.333 e. The largest absolute Gasteiger partial charge is 0.493 e. The summed E-state index contributed by atoms with van der Waals surface area (Å²) >= 11 is 0. The molecule has 36 heavy (non-hydrogen) atoms. The molecule has 0 amide bonds. The zero-order valence-electron chi connectivity index (χ0n) is 20.1. The molecule has 4 aromatic rings. The molecule has 0 heterocycles. The third kappa shape index (κ3) is 6.29. The van der Waals surface area contributed by atoms with Crippen LogP contribution in [0.3, 0.4) is 0 Å². The van der Waals surface area contributed by atoms with E-state index in [-0.39, 0.29) is 5.78 Å². The Kier molecular flexibility index (Phi) is 8.32. The molecule has 0 aliphatic carbocycles. The number of methoxy groups -OCH3 is 1. The molecule has 0 aromatic heterocycles. The van der Waals surface area contributed by atoms with Crippen molar-refractivity contribution in [2.75, 3.05) is 20.3 Å². The molecule has 184 valence electrons. The van der Waals surface area contributed by atoms with Crippen molar-refractivity contribution in [1.29, 1.82) is 0 Å². The van der Waals surface area contributed by atoms with Gasteiger partial charge in [-0.2, -0.15) is 0 Å². The van der Waals surface area contributed by atoms with Gasteiger partial charge in [-0.15, -0.1) is 0 Å². The first-order valence-electron chi connectivity index (χ1n) is 11.8. The predicted octanol–water partition coefficient (Wildman–Crippen LogP) is 5.56. The van der Waals surface area contributed by atoms with Crippen molar-refractivity contribution in [2.24, 2.45) is 0 Å². The second-order valence-corrected chi connectivity index (χ2v) is 8.34. The Hall–Kier alpha value is -4.16. The number of ether oxygens (including phenoxy) is 3. The van der Waals surface area contributed by atoms with Crippen LogP contribution < -0.4 is 9.47 Å². The zero-order valence-corrected chi connectivity index (χ0v) is 20.1. The minimum absolute atomic E-state index is 0.0153. The molecule has 1 N–H and O–H groups in total. The van der Waals surface area contributed by atoms with Crippen molar-refractivity contribution in [3.05, 3.63) is 108 Å². The van der Waals surface area contributed by atoms with Gasteiger partial charge in [0.15, 0.2) is 11.9 Å². The number of carboxylic acids is 1. The van der Waals surface area contributed by atoms with Crippen LogP contribution in [0.2, 0.25) is 0 Å². The Balaban J connectivity index is 1.23. The lowest BCUT2D eigenvalue weighted by atomic mass is 9.97. The summed E-state index contributed by atoms with van der Waals surface area (Å²) in [6.07, 6.45) is 0.120. The van der Waals surface area contributed by atoms with Gasteiger partial charge in [0.25, 0.3) is 0 Å². The lowest BCUT2D eigenvalue weighted by Gasteiger charge is -2.11. The normalized spacial score (nSPS) is 11.7. The van der Waals surface area contributed by atoms with Crippen LogP contribution in [-0.2, 0) is 16.0 Å². The first-order valence-corrected chi connectivity index (χ1v) is 11.8. The van der Waals surface area contributed by atoms with Gasteiger partial charge in [0, 0.05) is 31.1 Å². The number of carboxylic acid groups (broad SMARTS) is 1. The van der Waals surface area contributed by atoms with E-state index in [0.717, 1.165) is 16.3 Å². The Morgan fingerprint density at radius 2 is 1.39 bits per heavy atom. The number of carbonyl (C=O) groups is 2. The fourth-order valence-electron chi connectivity index (χ4n) is 3.93. The number of aliphatic carboxylic acids is 1. The number of ketones is 1. The summed E-state index contributed by atoms with van der Waals surface area (Å²) < 4.78 is 16.5. The molecule has 0 unspecified atom stereocenters. The third-order valence-electron chi connectivity index (χ3n) is 5.88. The Labute approximate surface area is 210 Å². The number of hydrogen-bond donors (Lipinski definition) is 1. The molecule has 0 fully saturated rings. The molecule has 6 nitrogen and oxygen atoms in total. The summed E-state index contributed by atoms with van der Waals surface area (Å²) in [5, 5.41) is 11.1. The van der Waals surface area contributed by atoms with Crippen LogP contribution in [0.25, 0.3) is 10.8 Å². The van der Waals surface area contributed by atoms with Crippen LogP contribution in [-0.4, -0.2) is 43.3 Å². The minimum atomic E-state index is -0.983. The first-order chi connectivity index (χ1) is 17.5. The second-order valence-electron chi connectivity index (χ2n) is 8.34. The van der Waals surface area contributed by atoms with Crippen LogP contribution in [0, 0.1) is 0 Å². The Morgan fingerprint density at radius 1 is 0.778 bits per heavy atom. The van der Waals surface area contributed by atoms with Gasteiger partial charge in [-0.25, -0.2) is 4.79 Å². The number of fused-ring (bicyclic) bond motifs is 1. The molecular formula is C30H28O6. The van der Waals surface area contributed by atoms with Gasteiger partial charge in [0.1, 0.15) is 11.5 Å². The van der Waals surface area contributed by atoms with Gasteiger partial charge in [-0.05, 0) is 52.7 Å². The topological polar surface area (TPSA) is 82.1 Å². The maximum atomic E-state index is 13.0. The lowest BCUT2D eigenvalue weighted by molar-refractivity contribution is -0.148. The highest BCUT2D eigenvalue weighted by molar-refractivity contribution is 6.16. The fraction of sp³-hybridized carbons (Fsp3) is 0.200. The molecular weight excluding hydrogens is 456 g/mol. The lowest BCUT2D eigenvalue weighted by Crippen LogP contribution is -2.24. The van der Waals surface area contributed by atoms with E-state index in [1.165, 1.54) is 7.11 Å². The van der Waals surface area contributed by atoms with Gasteiger partial charge in [0.05, 0.1) is 13.2 Å². The van der Waals surface area contributed by atoms with Gasteiger partial charge in [-0.1, -0.05) is 54.6 Å². The molecule has 0 saturated heterocycles. The van der Waals surface area contributed by atoms with E-state index in [0.29, 0.717) is 48.7 Å². The highest BCUT2D eigenvalue weighted by Gasteiger charge is 2.16. The summed E-state index contributed by atoms with van der Waals surface area (Å²) in [4.78, 5) is 24.1. The smallest absolute Gasteiger partial charge is 0.333 e. The van der Waals surface area contributed by atoms with E-state index in [4.69, 9.17) is 19.3 Å². The van der Waals surface area contributed by atoms with Crippen LogP contribution in [0.15, 0.2) is 91.0 Å². The summed E-state index contributed by atoms with van der Waals surface area (Å²) in [5.41, 5.74) is 2.17. The van der Waals surface area contributed by atoms with Crippen molar-refractivity contribution in [1.82, 2.24) is 0 Å². The number of carbonyl (C=O) groups excluding carboxylic acids is 1. The minimum Gasteiger partial charge on any atom is -0.493 e. The summed E-state index contributed by atoms with van der Waals surface area (Å²) in [7, 11) is 1.39. The van der Waals surface area contributed by atoms with Crippen LogP contribution in [0.5, 0.6) is 11.5 Å². The molecule has 0 bridgehead atoms. The monoisotopic (exact) mass is 484 g/mol. The second kappa shape index (κ2) is 12.0. The van der Waals surface area contributed by atoms with Gasteiger partial charge >= 0.3 is 5.97 Å². The van der Waals surface area contributed by atoms with Gasteiger partial charge in [-0.3, -0.25) is 4.79 Å². The molecule has 4 aromatic carbocycles. The standard InChI is InChI=1S/C30H28O6/c1-34-28(30(32)33)20-21-10-14-24(15-11-21)35-18-5-19-36-25-16-12-23(13-17-25)29(31)27-9-4-7-22-6-2-3-8-26(22)27/h2-4,6-17,28H,5,18-20H2,1H3,(H,32,33)/t28-/m0/s1. The first kappa shape index (κ1) is 24.9. The highest BCUT2D eigenvalue weighted by Crippen LogP contribution is 2.23. The number of rotatable bonds is 12. The van der Waals surface area contributed by atoms with Crippen molar-refractivity contribution in [2.45, 2.75) is 18.9 Å². The zero-order chi connectivity index (χ0) is 25.3. The molecule has 1 atom stereocenters. The van der Waals surface area contributed by atoms with E-state index >= 15 is 0 Å². The summed E-state index contributed by atoms with van der Waals surface area (Å²) in [6, 6.07) is 28.1. The van der Waals surface area contributed by atoms with E-state index in [9.17, 15) is 9.59 Å². The van der Waals surface area contributed by atoms with E-state index in [2.05, 4.69) is 0 Å². The molecule has 4 rings (SSSR count). The quantitative estimate of drug-likeness (QED) is 0.209. The SMILES string of the molecule is CO[C@@H](Cc1ccc(OCCCOc2ccc(C(=O)c3cccc4ccccc34)cc2)cc1)C(=O)O. The van der Waals surface area contributed by atoms with E-state index in [1.807, 2.05) is 78.9 Å². The van der Waals surface area contributed by atoms with E-state index < -0.39 is 12.1 Å². The van der Waals surface area contributed by atoms with Crippen LogP contribution in [0.4, 0.5) is 0 Å². The Morgan fingerprint density at radius 3 is 2.03 bits per heavy atom. The summed E-state index contributed by atoms with van der Waals surface area (Å²) in [6.45, 7) is 0.954. The third-order valence-corrected chi connectivity index (χ3v) is 5.88. The van der Waals surface area contributed by atoms with Crippen LogP contribution >= 0.6 is 0 Å². The number of benzene rings is 4. The highest BCUT2D eigenvalue weighted by atomic mass is 16.5. The molecule has 0 aliphatic rings. The van der Waals surface area contributed by atoms with Gasteiger partial charge < -0.3 is 19.3 Å². The van der Waals surface area contributed by atoms with Crippen molar-refractivity contribution in [3.63, 3.8) is 0 Å². The van der Waals surface area contributed by atoms with Gasteiger partial charge in [0.2, 0.25) is 0 Å². The van der Waals surface area contributed by atoms with Crippen LogP contribution in [0.1, 0.15) is 27.9 Å². The molecule has 6 heteroatoms. The van der Waals surface area contributed by atoms with Crippen molar-refractivity contribution >= 4 is 22.5 Å². The molecule has 0 saturated carbocycles. The average molecular weight is 485 g/mol. The maximum absolute atomic E-state index is 13.0. The summed E-state index contributed by atoms with van der Waals surface area (Å²) in [5.74, 6) is 0.404. The van der Waals surface area contributed by atoms with E-state index in [1.54, 1.807) is 12.1 Å². The number of hydrogen-bond acceptors (Lipinski definition) is 5.